The van der Waals surface area contributed by atoms with E-state index >= 15 is 0 Å². The second-order valence-corrected chi connectivity index (χ2v) is 7.65. The zero-order chi connectivity index (χ0) is 18.5. The molecule has 1 fully saturated rings. The molecule has 1 aliphatic rings. The van der Waals surface area contributed by atoms with Gasteiger partial charge in [0, 0.05) is 24.2 Å². The van der Waals surface area contributed by atoms with E-state index in [1.807, 2.05) is 17.5 Å². The summed E-state index contributed by atoms with van der Waals surface area (Å²) in [6, 6.07) is 10.7. The average Bonchev–Trinajstić information content (AvgIpc) is 3.18. The SMILES string of the molecule is CC(Oc1ccc(Cl)cc1)C(=O)N1CCC(NC(=O)c2cccs2)CC1. The third kappa shape index (κ3) is 4.77. The highest BCUT2D eigenvalue weighted by Crippen LogP contribution is 2.19. The minimum absolute atomic E-state index is 0.0378. The Kier molecular flexibility index (Phi) is 6.16. The summed E-state index contributed by atoms with van der Waals surface area (Å²) < 4.78 is 5.71. The Morgan fingerprint density at radius 2 is 1.92 bits per heavy atom. The van der Waals surface area contributed by atoms with E-state index in [-0.39, 0.29) is 17.9 Å². The summed E-state index contributed by atoms with van der Waals surface area (Å²) in [5, 5.41) is 5.56. The van der Waals surface area contributed by atoms with Gasteiger partial charge in [-0.25, -0.2) is 0 Å². The third-order valence-corrected chi connectivity index (χ3v) is 5.48. The zero-order valence-electron chi connectivity index (χ0n) is 14.5. The fourth-order valence-electron chi connectivity index (χ4n) is 2.93. The van der Waals surface area contributed by atoms with E-state index in [4.69, 9.17) is 16.3 Å². The van der Waals surface area contributed by atoms with Crippen molar-refractivity contribution < 1.29 is 14.3 Å². The average molecular weight is 393 g/mol. The van der Waals surface area contributed by atoms with Crippen LogP contribution in [0, 0.1) is 0 Å². The Hall–Kier alpha value is -2.05. The van der Waals surface area contributed by atoms with Crippen LogP contribution in [0.25, 0.3) is 0 Å². The number of thiophene rings is 1. The van der Waals surface area contributed by atoms with Crippen LogP contribution < -0.4 is 10.1 Å². The molecule has 3 rings (SSSR count). The van der Waals surface area contributed by atoms with Crippen molar-refractivity contribution in [1.29, 1.82) is 0 Å². The lowest BCUT2D eigenvalue weighted by molar-refractivity contribution is -0.139. The summed E-state index contributed by atoms with van der Waals surface area (Å²) in [7, 11) is 0. The number of nitrogens with zero attached hydrogens (tertiary/aromatic N) is 1. The van der Waals surface area contributed by atoms with Gasteiger partial charge in [-0.05, 0) is 55.5 Å². The minimum Gasteiger partial charge on any atom is -0.481 e. The highest BCUT2D eigenvalue weighted by Gasteiger charge is 2.28. The molecular formula is C19H21ClN2O3S. The van der Waals surface area contributed by atoms with Gasteiger partial charge in [0.1, 0.15) is 5.75 Å². The smallest absolute Gasteiger partial charge is 0.263 e. The number of piperidine rings is 1. The Morgan fingerprint density at radius 3 is 2.54 bits per heavy atom. The van der Waals surface area contributed by atoms with Crippen LogP contribution in [-0.2, 0) is 4.79 Å². The van der Waals surface area contributed by atoms with Crippen LogP contribution in [0.15, 0.2) is 41.8 Å². The molecule has 7 heteroatoms. The topological polar surface area (TPSA) is 58.6 Å². The Balaban J connectivity index is 1.47. The molecule has 26 heavy (non-hydrogen) atoms. The molecular weight excluding hydrogens is 372 g/mol. The van der Waals surface area contributed by atoms with Crippen molar-refractivity contribution >= 4 is 34.8 Å². The number of hydrogen-bond donors (Lipinski definition) is 1. The van der Waals surface area contributed by atoms with Crippen LogP contribution in [0.3, 0.4) is 0 Å². The first-order valence-electron chi connectivity index (χ1n) is 8.58. The highest BCUT2D eigenvalue weighted by atomic mass is 35.5. The Labute approximate surface area is 161 Å². The number of ether oxygens (including phenoxy) is 1. The molecule has 2 amide bonds. The highest BCUT2D eigenvalue weighted by molar-refractivity contribution is 7.12. The molecule has 0 radical (unpaired) electrons. The fourth-order valence-corrected chi connectivity index (χ4v) is 3.69. The van der Waals surface area contributed by atoms with Crippen LogP contribution in [-0.4, -0.2) is 41.9 Å². The van der Waals surface area contributed by atoms with Crippen molar-refractivity contribution in [3.05, 3.63) is 51.7 Å². The van der Waals surface area contributed by atoms with E-state index in [0.29, 0.717) is 28.7 Å². The first-order chi connectivity index (χ1) is 12.5. The van der Waals surface area contributed by atoms with Gasteiger partial charge >= 0.3 is 0 Å². The molecule has 138 valence electrons. The Morgan fingerprint density at radius 1 is 1.23 bits per heavy atom. The molecule has 0 aliphatic carbocycles. The van der Waals surface area contributed by atoms with Gasteiger partial charge in [0.05, 0.1) is 4.88 Å². The van der Waals surface area contributed by atoms with Crippen molar-refractivity contribution in [2.24, 2.45) is 0 Å². The fraction of sp³-hybridized carbons (Fsp3) is 0.368. The van der Waals surface area contributed by atoms with E-state index in [1.54, 1.807) is 36.1 Å². The normalized spacial score (nSPS) is 16.2. The molecule has 1 unspecified atom stereocenters. The number of nitrogens with one attached hydrogen (secondary N) is 1. The Bertz CT molecular complexity index is 741. The van der Waals surface area contributed by atoms with Crippen molar-refractivity contribution in [2.45, 2.75) is 31.9 Å². The van der Waals surface area contributed by atoms with Crippen LogP contribution in [0.1, 0.15) is 29.4 Å². The van der Waals surface area contributed by atoms with Crippen molar-refractivity contribution in [3.8, 4) is 5.75 Å². The summed E-state index contributed by atoms with van der Waals surface area (Å²) in [6.07, 6.45) is 0.931. The summed E-state index contributed by atoms with van der Waals surface area (Å²) in [5.41, 5.74) is 0. The molecule has 1 N–H and O–H groups in total. The molecule has 1 aliphatic heterocycles. The lowest BCUT2D eigenvalue weighted by atomic mass is 10.0. The van der Waals surface area contributed by atoms with E-state index in [2.05, 4.69) is 5.32 Å². The molecule has 0 saturated carbocycles. The lowest BCUT2D eigenvalue weighted by Gasteiger charge is -2.33. The zero-order valence-corrected chi connectivity index (χ0v) is 16.1. The number of benzene rings is 1. The quantitative estimate of drug-likeness (QED) is 0.845. The number of amides is 2. The van der Waals surface area contributed by atoms with E-state index < -0.39 is 6.10 Å². The predicted molar refractivity (Wildman–Crippen MR) is 103 cm³/mol. The monoisotopic (exact) mass is 392 g/mol. The van der Waals surface area contributed by atoms with Crippen LogP contribution >= 0.6 is 22.9 Å². The van der Waals surface area contributed by atoms with Gasteiger partial charge in [-0.3, -0.25) is 9.59 Å². The van der Waals surface area contributed by atoms with Crippen LogP contribution in [0.2, 0.25) is 5.02 Å². The van der Waals surface area contributed by atoms with Crippen LogP contribution in [0.4, 0.5) is 0 Å². The van der Waals surface area contributed by atoms with Gasteiger partial charge in [0.25, 0.3) is 11.8 Å². The van der Waals surface area contributed by atoms with Gasteiger partial charge < -0.3 is 15.0 Å². The largest absolute Gasteiger partial charge is 0.481 e. The maximum atomic E-state index is 12.6. The van der Waals surface area contributed by atoms with Crippen LogP contribution in [0.5, 0.6) is 5.75 Å². The first-order valence-corrected chi connectivity index (χ1v) is 9.84. The van der Waals surface area contributed by atoms with Gasteiger partial charge in [-0.1, -0.05) is 17.7 Å². The molecule has 1 aromatic carbocycles. The standard InChI is InChI=1S/C19H21ClN2O3S/c1-13(25-16-6-4-14(20)5-7-16)19(24)22-10-8-15(9-11-22)21-18(23)17-3-2-12-26-17/h2-7,12-13,15H,8-11H2,1H3,(H,21,23). The molecule has 1 aromatic heterocycles. The lowest BCUT2D eigenvalue weighted by Crippen LogP contribution is -2.49. The van der Waals surface area contributed by atoms with Gasteiger partial charge in [0.2, 0.25) is 0 Å². The molecule has 2 aromatic rings. The van der Waals surface area contributed by atoms with Crippen molar-refractivity contribution in [1.82, 2.24) is 10.2 Å². The van der Waals surface area contributed by atoms with Crippen molar-refractivity contribution in [2.75, 3.05) is 13.1 Å². The second-order valence-electron chi connectivity index (χ2n) is 6.26. The van der Waals surface area contributed by atoms with E-state index in [9.17, 15) is 9.59 Å². The number of halogens is 1. The maximum Gasteiger partial charge on any atom is 0.263 e. The molecule has 0 spiro atoms. The number of carbonyl (C=O) groups excluding carboxylic acids is 2. The summed E-state index contributed by atoms with van der Waals surface area (Å²) >= 11 is 7.28. The third-order valence-electron chi connectivity index (χ3n) is 4.36. The second kappa shape index (κ2) is 8.56. The number of hydrogen-bond acceptors (Lipinski definition) is 4. The number of likely N-dealkylation sites (tertiary alicyclic amines) is 1. The van der Waals surface area contributed by atoms with Crippen molar-refractivity contribution in [3.63, 3.8) is 0 Å². The molecule has 1 atom stereocenters. The van der Waals surface area contributed by atoms with Gasteiger partial charge in [-0.2, -0.15) is 0 Å². The predicted octanol–water partition coefficient (Wildman–Crippen LogP) is 3.59. The minimum atomic E-state index is -0.562. The summed E-state index contributed by atoms with van der Waals surface area (Å²) in [4.78, 5) is 27.2. The summed E-state index contributed by atoms with van der Waals surface area (Å²) in [5.74, 6) is 0.542. The van der Waals surface area contributed by atoms with Gasteiger partial charge in [0.15, 0.2) is 6.10 Å². The molecule has 0 bridgehead atoms. The molecule has 1 saturated heterocycles. The number of carbonyl (C=O) groups is 2. The van der Waals surface area contributed by atoms with Gasteiger partial charge in [-0.15, -0.1) is 11.3 Å². The summed E-state index contributed by atoms with van der Waals surface area (Å²) in [6.45, 7) is 2.98. The maximum absolute atomic E-state index is 12.6. The van der Waals surface area contributed by atoms with E-state index in [1.165, 1.54) is 11.3 Å². The molecule has 2 heterocycles. The number of rotatable bonds is 5. The molecule has 5 nitrogen and oxygen atoms in total. The first kappa shape index (κ1) is 18.7. The van der Waals surface area contributed by atoms with E-state index in [0.717, 1.165) is 12.8 Å².